The first kappa shape index (κ1) is 16.2. The lowest BCUT2D eigenvalue weighted by Gasteiger charge is -2.10. The van der Waals surface area contributed by atoms with Crippen molar-refractivity contribution in [1.82, 2.24) is 9.97 Å². The molecule has 2 aromatic heterocycles. The van der Waals surface area contributed by atoms with Crippen LogP contribution in [0.2, 0.25) is 5.02 Å². The first-order chi connectivity index (χ1) is 11.6. The minimum Gasteiger partial charge on any atom is -0.384 e. The van der Waals surface area contributed by atoms with Gasteiger partial charge in [-0.15, -0.1) is 0 Å². The van der Waals surface area contributed by atoms with Gasteiger partial charge in [-0.3, -0.25) is 9.78 Å². The molecule has 5 nitrogen and oxygen atoms in total. The fourth-order valence-electron chi connectivity index (χ4n) is 2.33. The van der Waals surface area contributed by atoms with Crippen molar-refractivity contribution in [2.24, 2.45) is 0 Å². The van der Waals surface area contributed by atoms with Gasteiger partial charge in [0.2, 0.25) is 5.91 Å². The summed E-state index contributed by atoms with van der Waals surface area (Å²) in [5, 5.41) is 7.67. The minimum absolute atomic E-state index is 0.0831. The number of aryl methyl sites for hydroxylation is 1. The summed E-state index contributed by atoms with van der Waals surface area (Å²) in [6.45, 7) is 2.47. The highest BCUT2D eigenvalue weighted by molar-refractivity contribution is 6.31. The standard InChI is InChI=1S/C18H17ClN4O/c1-12-2-5-17(22-11-12)23-18(24)7-9-20-15-6-8-21-16-10-13(19)3-4-14(15)16/h2-6,8,10-11H,7,9H2,1H3,(H,20,21)(H,22,23,24). The Labute approximate surface area is 145 Å². The number of amides is 1. The molecular formula is C18H17ClN4O. The van der Waals surface area contributed by atoms with Crippen molar-refractivity contribution in [2.45, 2.75) is 13.3 Å². The Morgan fingerprint density at radius 3 is 2.83 bits per heavy atom. The SMILES string of the molecule is Cc1ccc(NC(=O)CCNc2ccnc3cc(Cl)ccc23)nc1. The lowest BCUT2D eigenvalue weighted by molar-refractivity contribution is -0.116. The highest BCUT2D eigenvalue weighted by Crippen LogP contribution is 2.24. The predicted molar refractivity (Wildman–Crippen MR) is 97.5 cm³/mol. The Morgan fingerprint density at radius 1 is 1.17 bits per heavy atom. The van der Waals surface area contributed by atoms with Crippen LogP contribution < -0.4 is 10.6 Å². The molecule has 122 valence electrons. The molecule has 0 unspecified atom stereocenters. The Bertz CT molecular complexity index is 865. The van der Waals surface area contributed by atoms with Gasteiger partial charge in [-0.05, 0) is 42.8 Å². The van der Waals surface area contributed by atoms with Gasteiger partial charge in [-0.1, -0.05) is 17.7 Å². The normalized spacial score (nSPS) is 10.6. The van der Waals surface area contributed by atoms with Gasteiger partial charge in [-0.2, -0.15) is 0 Å². The van der Waals surface area contributed by atoms with Gasteiger partial charge in [0.05, 0.1) is 5.52 Å². The van der Waals surface area contributed by atoms with E-state index in [1.807, 2.05) is 37.3 Å². The van der Waals surface area contributed by atoms with E-state index in [2.05, 4.69) is 20.6 Å². The van der Waals surface area contributed by atoms with Crippen molar-refractivity contribution >= 4 is 39.9 Å². The average molecular weight is 341 g/mol. The topological polar surface area (TPSA) is 66.9 Å². The van der Waals surface area contributed by atoms with Crippen LogP contribution in [0.25, 0.3) is 10.9 Å². The summed E-state index contributed by atoms with van der Waals surface area (Å²) < 4.78 is 0. The van der Waals surface area contributed by atoms with Crippen molar-refractivity contribution in [3.63, 3.8) is 0 Å². The molecule has 0 fully saturated rings. The zero-order chi connectivity index (χ0) is 16.9. The number of carbonyl (C=O) groups is 1. The fraction of sp³-hybridized carbons (Fsp3) is 0.167. The Morgan fingerprint density at radius 2 is 2.04 bits per heavy atom. The van der Waals surface area contributed by atoms with E-state index in [0.29, 0.717) is 23.8 Å². The summed E-state index contributed by atoms with van der Waals surface area (Å²) in [5.41, 5.74) is 2.80. The molecule has 0 saturated heterocycles. The minimum atomic E-state index is -0.0831. The molecule has 24 heavy (non-hydrogen) atoms. The van der Waals surface area contributed by atoms with Gasteiger partial charge in [0.25, 0.3) is 0 Å². The third-order valence-corrected chi connectivity index (χ3v) is 3.79. The number of rotatable bonds is 5. The quantitative estimate of drug-likeness (QED) is 0.735. The molecule has 0 bridgehead atoms. The van der Waals surface area contributed by atoms with E-state index in [9.17, 15) is 4.79 Å². The van der Waals surface area contributed by atoms with Gasteiger partial charge in [0.1, 0.15) is 5.82 Å². The number of aromatic nitrogens is 2. The molecule has 2 N–H and O–H groups in total. The van der Waals surface area contributed by atoms with Crippen LogP contribution in [-0.2, 0) is 4.79 Å². The second-order valence-corrected chi connectivity index (χ2v) is 5.90. The number of anilines is 2. The van der Waals surface area contributed by atoms with Crippen LogP contribution in [0, 0.1) is 6.92 Å². The van der Waals surface area contributed by atoms with E-state index in [0.717, 1.165) is 22.2 Å². The molecule has 3 rings (SSSR count). The van der Waals surface area contributed by atoms with Crippen LogP contribution in [0.4, 0.5) is 11.5 Å². The maximum absolute atomic E-state index is 12.0. The number of nitrogens with zero attached hydrogens (tertiary/aromatic N) is 2. The number of hydrogen-bond donors (Lipinski definition) is 2. The first-order valence-electron chi connectivity index (χ1n) is 7.62. The van der Waals surface area contributed by atoms with Gasteiger partial charge in [0.15, 0.2) is 0 Å². The van der Waals surface area contributed by atoms with E-state index >= 15 is 0 Å². The number of fused-ring (bicyclic) bond motifs is 1. The van der Waals surface area contributed by atoms with Gasteiger partial charge in [0, 0.05) is 41.5 Å². The van der Waals surface area contributed by atoms with Crippen molar-refractivity contribution in [3.8, 4) is 0 Å². The van der Waals surface area contributed by atoms with E-state index in [1.54, 1.807) is 18.5 Å². The van der Waals surface area contributed by atoms with Crippen molar-refractivity contribution < 1.29 is 4.79 Å². The average Bonchev–Trinajstić information content (AvgIpc) is 2.57. The molecule has 3 aromatic rings. The maximum Gasteiger partial charge on any atom is 0.227 e. The maximum atomic E-state index is 12.0. The lowest BCUT2D eigenvalue weighted by atomic mass is 10.2. The Hall–Kier alpha value is -2.66. The molecule has 0 aliphatic carbocycles. The van der Waals surface area contributed by atoms with E-state index < -0.39 is 0 Å². The second-order valence-electron chi connectivity index (χ2n) is 5.47. The number of halogens is 1. The zero-order valence-corrected chi connectivity index (χ0v) is 14.0. The van der Waals surface area contributed by atoms with E-state index in [-0.39, 0.29) is 5.91 Å². The van der Waals surface area contributed by atoms with Gasteiger partial charge >= 0.3 is 0 Å². The van der Waals surface area contributed by atoms with E-state index in [4.69, 9.17) is 11.6 Å². The third kappa shape index (κ3) is 4.00. The number of carbonyl (C=O) groups excluding carboxylic acids is 1. The van der Waals surface area contributed by atoms with Crippen molar-refractivity contribution in [1.29, 1.82) is 0 Å². The molecule has 0 aliphatic rings. The molecule has 6 heteroatoms. The van der Waals surface area contributed by atoms with Crippen LogP contribution in [-0.4, -0.2) is 22.4 Å². The van der Waals surface area contributed by atoms with E-state index in [1.165, 1.54) is 0 Å². The summed E-state index contributed by atoms with van der Waals surface area (Å²) >= 11 is 5.98. The molecule has 0 aliphatic heterocycles. The molecule has 1 aromatic carbocycles. The van der Waals surface area contributed by atoms with Crippen molar-refractivity contribution in [2.75, 3.05) is 17.2 Å². The van der Waals surface area contributed by atoms with Crippen LogP contribution in [0.3, 0.4) is 0 Å². The molecule has 0 radical (unpaired) electrons. The molecular weight excluding hydrogens is 324 g/mol. The summed E-state index contributed by atoms with van der Waals surface area (Å²) in [4.78, 5) is 20.4. The molecule has 0 atom stereocenters. The summed E-state index contributed by atoms with van der Waals surface area (Å²) in [5.74, 6) is 0.481. The smallest absolute Gasteiger partial charge is 0.227 e. The summed E-state index contributed by atoms with van der Waals surface area (Å²) in [7, 11) is 0. The highest BCUT2D eigenvalue weighted by atomic mass is 35.5. The Balaban J connectivity index is 1.58. The number of nitrogens with one attached hydrogen (secondary N) is 2. The number of benzene rings is 1. The van der Waals surface area contributed by atoms with Crippen LogP contribution in [0.15, 0.2) is 48.8 Å². The van der Waals surface area contributed by atoms with Crippen LogP contribution >= 0.6 is 11.6 Å². The lowest BCUT2D eigenvalue weighted by Crippen LogP contribution is -2.17. The highest BCUT2D eigenvalue weighted by Gasteiger charge is 2.05. The summed E-state index contributed by atoms with van der Waals surface area (Å²) in [6, 6.07) is 11.2. The number of pyridine rings is 2. The molecule has 0 spiro atoms. The van der Waals surface area contributed by atoms with Crippen LogP contribution in [0.1, 0.15) is 12.0 Å². The molecule has 2 heterocycles. The van der Waals surface area contributed by atoms with Crippen LogP contribution in [0.5, 0.6) is 0 Å². The second kappa shape index (κ2) is 7.27. The largest absolute Gasteiger partial charge is 0.384 e. The third-order valence-electron chi connectivity index (χ3n) is 3.55. The summed E-state index contributed by atoms with van der Waals surface area (Å²) in [6.07, 6.45) is 3.78. The molecule has 0 saturated carbocycles. The number of hydrogen-bond acceptors (Lipinski definition) is 4. The van der Waals surface area contributed by atoms with Crippen molar-refractivity contribution in [3.05, 3.63) is 59.4 Å². The first-order valence-corrected chi connectivity index (χ1v) is 8.00. The predicted octanol–water partition coefficient (Wildman–Crippen LogP) is 4.03. The fourth-order valence-corrected chi connectivity index (χ4v) is 2.50. The Kier molecular flexibility index (Phi) is 4.91. The zero-order valence-electron chi connectivity index (χ0n) is 13.2. The monoisotopic (exact) mass is 340 g/mol. The molecule has 1 amide bonds. The van der Waals surface area contributed by atoms with Gasteiger partial charge < -0.3 is 10.6 Å². The van der Waals surface area contributed by atoms with Gasteiger partial charge in [-0.25, -0.2) is 4.98 Å².